The van der Waals surface area contributed by atoms with Crippen LogP contribution in [0, 0.1) is 6.92 Å². The minimum Gasteiger partial charge on any atom is -0.384 e. The molecule has 16 heavy (non-hydrogen) atoms. The molecule has 0 aliphatic rings. The molecule has 0 aromatic carbocycles. The highest BCUT2D eigenvalue weighted by molar-refractivity contribution is 5.39. The van der Waals surface area contributed by atoms with Gasteiger partial charge in [-0.25, -0.2) is 4.98 Å². The van der Waals surface area contributed by atoms with Crippen molar-refractivity contribution in [2.24, 2.45) is 0 Å². The van der Waals surface area contributed by atoms with Gasteiger partial charge in [-0.15, -0.1) is 0 Å². The summed E-state index contributed by atoms with van der Waals surface area (Å²) < 4.78 is 2.13. The Balaban J connectivity index is 2.89. The van der Waals surface area contributed by atoms with Gasteiger partial charge in [0.2, 0.25) is 0 Å². The van der Waals surface area contributed by atoms with E-state index in [4.69, 9.17) is 5.73 Å². The SMILES string of the molecule is CCCCCc1nc(C)n(C(C)(C)C)c1N. The molecule has 0 saturated heterocycles. The van der Waals surface area contributed by atoms with Gasteiger partial charge in [0.15, 0.2) is 0 Å². The second kappa shape index (κ2) is 4.89. The molecule has 0 atom stereocenters. The summed E-state index contributed by atoms with van der Waals surface area (Å²) in [6.07, 6.45) is 4.67. The predicted molar refractivity (Wildman–Crippen MR) is 69.6 cm³/mol. The molecule has 0 fully saturated rings. The van der Waals surface area contributed by atoms with Gasteiger partial charge in [-0.3, -0.25) is 0 Å². The van der Waals surface area contributed by atoms with Crippen LogP contribution in [0.3, 0.4) is 0 Å². The van der Waals surface area contributed by atoms with Crippen molar-refractivity contribution < 1.29 is 0 Å². The fraction of sp³-hybridized carbons (Fsp3) is 0.769. The Morgan fingerprint density at radius 2 is 1.88 bits per heavy atom. The Kier molecular flexibility index (Phi) is 4.00. The van der Waals surface area contributed by atoms with Crippen molar-refractivity contribution in [2.45, 2.75) is 65.8 Å². The lowest BCUT2D eigenvalue weighted by Gasteiger charge is -2.24. The molecule has 0 aliphatic carbocycles. The second-order valence-corrected chi connectivity index (χ2v) is 5.45. The summed E-state index contributed by atoms with van der Waals surface area (Å²) in [7, 11) is 0. The third kappa shape index (κ3) is 2.77. The van der Waals surface area contributed by atoms with E-state index in [1.807, 2.05) is 6.92 Å². The third-order valence-electron chi connectivity index (χ3n) is 2.84. The summed E-state index contributed by atoms with van der Waals surface area (Å²) in [5, 5.41) is 0. The molecule has 3 heteroatoms. The number of aromatic nitrogens is 2. The van der Waals surface area contributed by atoms with Gasteiger partial charge in [0.05, 0.1) is 5.69 Å². The van der Waals surface area contributed by atoms with Gasteiger partial charge < -0.3 is 10.3 Å². The van der Waals surface area contributed by atoms with Crippen LogP contribution in [0.15, 0.2) is 0 Å². The Hall–Kier alpha value is -0.990. The van der Waals surface area contributed by atoms with Crippen LogP contribution in [0.5, 0.6) is 0 Å². The maximum absolute atomic E-state index is 6.17. The lowest BCUT2D eigenvalue weighted by atomic mass is 10.1. The van der Waals surface area contributed by atoms with Gasteiger partial charge >= 0.3 is 0 Å². The van der Waals surface area contributed by atoms with Crippen molar-refractivity contribution in [1.82, 2.24) is 9.55 Å². The number of aryl methyl sites for hydroxylation is 2. The molecule has 0 unspecified atom stereocenters. The van der Waals surface area contributed by atoms with Crippen LogP contribution in [0.1, 0.15) is 58.5 Å². The van der Waals surface area contributed by atoms with Gasteiger partial charge in [-0.05, 0) is 40.5 Å². The van der Waals surface area contributed by atoms with Crippen molar-refractivity contribution in [3.05, 3.63) is 11.5 Å². The number of anilines is 1. The number of nitrogen functional groups attached to an aromatic ring is 1. The number of nitrogens with zero attached hydrogens (tertiary/aromatic N) is 2. The van der Waals surface area contributed by atoms with E-state index in [1.54, 1.807) is 0 Å². The Bertz CT molecular complexity index is 345. The van der Waals surface area contributed by atoms with Crippen molar-refractivity contribution in [1.29, 1.82) is 0 Å². The lowest BCUT2D eigenvalue weighted by molar-refractivity contribution is 0.393. The van der Waals surface area contributed by atoms with E-state index in [-0.39, 0.29) is 5.54 Å². The van der Waals surface area contributed by atoms with Crippen molar-refractivity contribution >= 4 is 5.82 Å². The number of nitrogens with two attached hydrogens (primary N) is 1. The van der Waals surface area contributed by atoms with Gasteiger partial charge in [-0.1, -0.05) is 19.8 Å². The third-order valence-corrected chi connectivity index (χ3v) is 2.84. The summed E-state index contributed by atoms with van der Waals surface area (Å²) in [5.74, 6) is 1.87. The fourth-order valence-electron chi connectivity index (χ4n) is 2.18. The Labute approximate surface area is 99.1 Å². The van der Waals surface area contributed by atoms with Crippen LogP contribution in [-0.4, -0.2) is 9.55 Å². The molecule has 0 aliphatic heterocycles. The van der Waals surface area contributed by atoms with Crippen LogP contribution >= 0.6 is 0 Å². The molecule has 0 radical (unpaired) electrons. The number of imidazole rings is 1. The standard InChI is InChI=1S/C13H25N3/c1-6-7-8-9-11-12(14)16(10(2)15-11)13(3,4)5/h6-9,14H2,1-5H3. The molecule has 0 saturated carbocycles. The van der Waals surface area contributed by atoms with Crippen LogP contribution in [0.25, 0.3) is 0 Å². The molecular weight excluding hydrogens is 198 g/mol. The van der Waals surface area contributed by atoms with Gasteiger partial charge in [0.25, 0.3) is 0 Å². The van der Waals surface area contributed by atoms with Crippen molar-refractivity contribution in [2.75, 3.05) is 5.73 Å². The number of rotatable bonds is 4. The molecular formula is C13H25N3. The average molecular weight is 223 g/mol. The van der Waals surface area contributed by atoms with E-state index in [9.17, 15) is 0 Å². The predicted octanol–water partition coefficient (Wildman–Crippen LogP) is 3.26. The van der Waals surface area contributed by atoms with Crippen molar-refractivity contribution in [3.8, 4) is 0 Å². The number of unbranched alkanes of at least 4 members (excludes halogenated alkanes) is 2. The van der Waals surface area contributed by atoms with Crippen LogP contribution < -0.4 is 5.73 Å². The normalized spacial score (nSPS) is 12.1. The monoisotopic (exact) mass is 223 g/mol. The first-order chi connectivity index (χ1) is 7.38. The molecule has 1 aromatic heterocycles. The van der Waals surface area contributed by atoms with E-state index in [0.29, 0.717) is 0 Å². The fourth-order valence-corrected chi connectivity index (χ4v) is 2.18. The Morgan fingerprint density at radius 1 is 1.25 bits per heavy atom. The van der Waals surface area contributed by atoms with Crippen molar-refractivity contribution in [3.63, 3.8) is 0 Å². The first-order valence-electron chi connectivity index (χ1n) is 6.22. The summed E-state index contributed by atoms with van der Waals surface area (Å²) in [6, 6.07) is 0. The van der Waals surface area contributed by atoms with Gasteiger partial charge in [-0.2, -0.15) is 0 Å². The second-order valence-electron chi connectivity index (χ2n) is 5.45. The summed E-state index contributed by atoms with van der Waals surface area (Å²) in [4.78, 5) is 4.59. The molecule has 92 valence electrons. The first-order valence-corrected chi connectivity index (χ1v) is 6.22. The molecule has 1 rings (SSSR count). The molecule has 3 nitrogen and oxygen atoms in total. The Morgan fingerprint density at radius 3 is 2.31 bits per heavy atom. The zero-order valence-electron chi connectivity index (χ0n) is 11.3. The van der Waals surface area contributed by atoms with E-state index in [2.05, 4.69) is 37.2 Å². The van der Waals surface area contributed by atoms with E-state index in [0.717, 1.165) is 23.8 Å². The summed E-state index contributed by atoms with van der Waals surface area (Å²) >= 11 is 0. The average Bonchev–Trinajstić information content (AvgIpc) is 2.41. The highest BCUT2D eigenvalue weighted by Crippen LogP contribution is 2.25. The zero-order valence-corrected chi connectivity index (χ0v) is 11.3. The molecule has 0 amide bonds. The van der Waals surface area contributed by atoms with Crippen LogP contribution in [0.4, 0.5) is 5.82 Å². The van der Waals surface area contributed by atoms with E-state index in [1.165, 1.54) is 19.3 Å². The first kappa shape index (κ1) is 13.1. The highest BCUT2D eigenvalue weighted by atomic mass is 15.2. The maximum Gasteiger partial charge on any atom is 0.127 e. The number of hydrogen-bond donors (Lipinski definition) is 1. The molecule has 1 heterocycles. The molecule has 0 spiro atoms. The number of hydrogen-bond acceptors (Lipinski definition) is 2. The molecule has 2 N–H and O–H groups in total. The van der Waals surface area contributed by atoms with E-state index < -0.39 is 0 Å². The topological polar surface area (TPSA) is 43.8 Å². The van der Waals surface area contributed by atoms with Gasteiger partial charge in [0.1, 0.15) is 11.6 Å². The van der Waals surface area contributed by atoms with E-state index >= 15 is 0 Å². The zero-order chi connectivity index (χ0) is 12.3. The van der Waals surface area contributed by atoms with Crippen LogP contribution in [0.2, 0.25) is 0 Å². The largest absolute Gasteiger partial charge is 0.384 e. The minimum absolute atomic E-state index is 0.0180. The summed E-state index contributed by atoms with van der Waals surface area (Å²) in [5.41, 5.74) is 7.26. The minimum atomic E-state index is 0.0180. The van der Waals surface area contributed by atoms with Crippen LogP contribution in [-0.2, 0) is 12.0 Å². The summed E-state index contributed by atoms with van der Waals surface area (Å²) in [6.45, 7) is 10.7. The molecule has 0 bridgehead atoms. The van der Waals surface area contributed by atoms with Gasteiger partial charge in [0, 0.05) is 5.54 Å². The quantitative estimate of drug-likeness (QED) is 0.796. The molecule has 1 aromatic rings. The lowest BCUT2D eigenvalue weighted by Crippen LogP contribution is -2.24. The highest BCUT2D eigenvalue weighted by Gasteiger charge is 2.21. The smallest absolute Gasteiger partial charge is 0.127 e. The maximum atomic E-state index is 6.17.